The van der Waals surface area contributed by atoms with Crippen LogP contribution in [0.15, 0.2) is 40.9 Å². The summed E-state index contributed by atoms with van der Waals surface area (Å²) in [5.41, 5.74) is 1.89. The van der Waals surface area contributed by atoms with Gasteiger partial charge in [0.25, 0.3) is 0 Å². The number of hydrogen-bond acceptors (Lipinski definition) is 4. The summed E-state index contributed by atoms with van der Waals surface area (Å²) in [6.07, 6.45) is 0.706. The number of ether oxygens (including phenoxy) is 2. The number of methoxy groups -OCH3 is 1. The third kappa shape index (κ3) is 5.11. The van der Waals surface area contributed by atoms with Gasteiger partial charge < -0.3 is 19.9 Å². The van der Waals surface area contributed by atoms with Crippen molar-refractivity contribution in [1.29, 1.82) is 0 Å². The summed E-state index contributed by atoms with van der Waals surface area (Å²) in [5.74, 6) is 1.35. The Hall–Kier alpha value is -1.27. The first-order valence-electron chi connectivity index (χ1n) is 7.70. The molecule has 6 heteroatoms. The van der Waals surface area contributed by atoms with Crippen molar-refractivity contribution in [3.05, 3.63) is 57.0 Å². The fourth-order valence-corrected chi connectivity index (χ4v) is 2.89. The van der Waals surface area contributed by atoms with E-state index in [0.29, 0.717) is 36.1 Å². The fourth-order valence-electron chi connectivity index (χ4n) is 2.25. The zero-order valence-electron chi connectivity index (χ0n) is 13.5. The van der Waals surface area contributed by atoms with Crippen LogP contribution in [-0.2, 0) is 13.2 Å². The molecule has 2 rings (SSSR count). The molecule has 0 fully saturated rings. The Kier molecular flexibility index (Phi) is 7.85. The quantitative estimate of drug-likeness (QED) is 0.605. The molecule has 0 spiro atoms. The zero-order valence-corrected chi connectivity index (χ0v) is 15.9. The number of halogens is 2. The standard InChI is InChI=1S/C18H21BrClNO3/c1-23-17-8-7-15(19)14(11-21-9-4-10-22)18(17)24-12-13-5-2-3-6-16(13)20/h2-3,5-8,21-22H,4,9-12H2,1H3. The average molecular weight is 415 g/mol. The highest BCUT2D eigenvalue weighted by Crippen LogP contribution is 2.37. The van der Waals surface area contributed by atoms with Gasteiger partial charge in [0.15, 0.2) is 11.5 Å². The van der Waals surface area contributed by atoms with Crippen molar-refractivity contribution in [2.75, 3.05) is 20.3 Å². The monoisotopic (exact) mass is 413 g/mol. The van der Waals surface area contributed by atoms with E-state index in [1.807, 2.05) is 36.4 Å². The molecule has 0 aliphatic heterocycles. The lowest BCUT2D eigenvalue weighted by atomic mass is 10.1. The van der Waals surface area contributed by atoms with Crippen LogP contribution >= 0.6 is 27.5 Å². The molecule has 0 aliphatic rings. The molecular formula is C18H21BrClNO3. The van der Waals surface area contributed by atoms with Crippen LogP contribution < -0.4 is 14.8 Å². The third-order valence-corrected chi connectivity index (χ3v) is 4.64. The Bertz CT molecular complexity index is 667. The molecule has 2 N–H and O–H groups in total. The van der Waals surface area contributed by atoms with Crippen LogP contribution in [0, 0.1) is 0 Å². The second-order valence-electron chi connectivity index (χ2n) is 5.19. The molecule has 0 unspecified atom stereocenters. The van der Waals surface area contributed by atoms with Crippen molar-refractivity contribution in [2.24, 2.45) is 0 Å². The minimum Gasteiger partial charge on any atom is -0.493 e. The van der Waals surface area contributed by atoms with Crippen LogP contribution in [0.1, 0.15) is 17.5 Å². The molecule has 0 bridgehead atoms. The minimum absolute atomic E-state index is 0.169. The molecule has 0 radical (unpaired) electrons. The Morgan fingerprint density at radius 1 is 1.21 bits per heavy atom. The predicted octanol–water partition coefficient (Wildman–Crippen LogP) is 4.16. The third-order valence-electron chi connectivity index (χ3n) is 3.53. The van der Waals surface area contributed by atoms with Crippen LogP contribution in [0.3, 0.4) is 0 Å². The molecule has 0 amide bonds. The first-order chi connectivity index (χ1) is 11.7. The van der Waals surface area contributed by atoms with Crippen molar-refractivity contribution in [2.45, 2.75) is 19.6 Å². The van der Waals surface area contributed by atoms with Gasteiger partial charge in [-0.3, -0.25) is 0 Å². The number of aliphatic hydroxyl groups is 1. The van der Waals surface area contributed by atoms with E-state index in [-0.39, 0.29) is 6.61 Å². The number of benzene rings is 2. The Morgan fingerprint density at radius 2 is 2.00 bits per heavy atom. The van der Waals surface area contributed by atoms with Crippen LogP contribution in [0.4, 0.5) is 0 Å². The number of rotatable bonds is 9. The van der Waals surface area contributed by atoms with E-state index in [0.717, 1.165) is 22.1 Å². The summed E-state index contributed by atoms with van der Waals surface area (Å²) >= 11 is 9.77. The predicted molar refractivity (Wildman–Crippen MR) is 99.9 cm³/mol. The van der Waals surface area contributed by atoms with E-state index in [2.05, 4.69) is 21.2 Å². The summed E-state index contributed by atoms with van der Waals surface area (Å²) in [6.45, 7) is 1.86. The lowest BCUT2D eigenvalue weighted by Crippen LogP contribution is -2.17. The van der Waals surface area contributed by atoms with Gasteiger partial charge in [-0.05, 0) is 31.2 Å². The van der Waals surface area contributed by atoms with Gasteiger partial charge in [-0.25, -0.2) is 0 Å². The molecule has 0 atom stereocenters. The van der Waals surface area contributed by atoms with E-state index in [1.165, 1.54) is 0 Å². The number of hydrogen-bond donors (Lipinski definition) is 2. The Labute approximate surface area is 155 Å². The molecule has 0 aromatic heterocycles. The maximum atomic E-state index is 8.88. The highest BCUT2D eigenvalue weighted by molar-refractivity contribution is 9.10. The molecule has 130 valence electrons. The van der Waals surface area contributed by atoms with Gasteiger partial charge in [0.05, 0.1) is 7.11 Å². The van der Waals surface area contributed by atoms with Crippen LogP contribution in [0.25, 0.3) is 0 Å². The zero-order chi connectivity index (χ0) is 17.4. The molecule has 2 aromatic rings. The van der Waals surface area contributed by atoms with Gasteiger partial charge in [-0.2, -0.15) is 0 Å². The van der Waals surface area contributed by atoms with Crippen molar-refractivity contribution >= 4 is 27.5 Å². The lowest BCUT2D eigenvalue weighted by molar-refractivity contribution is 0.278. The molecule has 0 saturated heterocycles. The molecule has 0 saturated carbocycles. The molecule has 2 aromatic carbocycles. The van der Waals surface area contributed by atoms with Gasteiger partial charge in [-0.15, -0.1) is 0 Å². The van der Waals surface area contributed by atoms with Crippen LogP contribution in [0.2, 0.25) is 5.02 Å². The molecule has 4 nitrogen and oxygen atoms in total. The SMILES string of the molecule is COc1ccc(Br)c(CNCCCO)c1OCc1ccccc1Cl. The summed E-state index contributed by atoms with van der Waals surface area (Å²) in [5, 5.41) is 12.9. The maximum absolute atomic E-state index is 8.88. The fraction of sp³-hybridized carbons (Fsp3) is 0.333. The highest BCUT2D eigenvalue weighted by Gasteiger charge is 2.15. The molecule has 0 aliphatic carbocycles. The first-order valence-corrected chi connectivity index (χ1v) is 8.87. The van der Waals surface area contributed by atoms with E-state index in [9.17, 15) is 0 Å². The minimum atomic E-state index is 0.169. The number of nitrogens with one attached hydrogen (secondary N) is 1. The molecular weight excluding hydrogens is 394 g/mol. The molecule has 24 heavy (non-hydrogen) atoms. The average Bonchev–Trinajstić information content (AvgIpc) is 2.59. The summed E-state index contributed by atoms with van der Waals surface area (Å²) in [6, 6.07) is 11.4. The van der Waals surface area contributed by atoms with E-state index in [1.54, 1.807) is 7.11 Å². The lowest BCUT2D eigenvalue weighted by Gasteiger charge is -2.17. The summed E-state index contributed by atoms with van der Waals surface area (Å²) in [7, 11) is 1.62. The first kappa shape index (κ1) is 19.1. The van der Waals surface area contributed by atoms with Crippen LogP contribution in [-0.4, -0.2) is 25.4 Å². The summed E-state index contributed by atoms with van der Waals surface area (Å²) in [4.78, 5) is 0. The van der Waals surface area contributed by atoms with Gasteiger partial charge in [0.2, 0.25) is 0 Å². The summed E-state index contributed by atoms with van der Waals surface area (Å²) < 4.78 is 12.4. The van der Waals surface area contributed by atoms with Crippen molar-refractivity contribution in [3.63, 3.8) is 0 Å². The molecule has 0 heterocycles. The normalized spacial score (nSPS) is 10.7. The second-order valence-corrected chi connectivity index (χ2v) is 6.45. The Balaban J connectivity index is 2.19. The van der Waals surface area contributed by atoms with E-state index in [4.69, 9.17) is 26.2 Å². The largest absolute Gasteiger partial charge is 0.493 e. The van der Waals surface area contributed by atoms with Gasteiger partial charge in [0.1, 0.15) is 6.61 Å². The van der Waals surface area contributed by atoms with E-state index >= 15 is 0 Å². The van der Waals surface area contributed by atoms with Gasteiger partial charge in [-0.1, -0.05) is 45.7 Å². The van der Waals surface area contributed by atoms with Gasteiger partial charge >= 0.3 is 0 Å². The van der Waals surface area contributed by atoms with Crippen molar-refractivity contribution in [3.8, 4) is 11.5 Å². The van der Waals surface area contributed by atoms with Crippen molar-refractivity contribution < 1.29 is 14.6 Å². The second kappa shape index (κ2) is 9.89. The smallest absolute Gasteiger partial charge is 0.167 e. The Morgan fingerprint density at radius 3 is 2.71 bits per heavy atom. The highest BCUT2D eigenvalue weighted by atomic mass is 79.9. The topological polar surface area (TPSA) is 50.7 Å². The number of aliphatic hydroxyl groups excluding tert-OH is 1. The van der Waals surface area contributed by atoms with Crippen molar-refractivity contribution in [1.82, 2.24) is 5.32 Å². The maximum Gasteiger partial charge on any atom is 0.167 e. The van der Waals surface area contributed by atoms with Crippen LogP contribution in [0.5, 0.6) is 11.5 Å². The van der Waals surface area contributed by atoms with E-state index < -0.39 is 0 Å². The van der Waals surface area contributed by atoms with Gasteiger partial charge in [0, 0.05) is 33.8 Å².